The van der Waals surface area contributed by atoms with E-state index in [-0.39, 0.29) is 11.9 Å². The van der Waals surface area contributed by atoms with Crippen molar-refractivity contribution in [1.82, 2.24) is 9.88 Å². The zero-order valence-corrected chi connectivity index (χ0v) is 14.9. The molecule has 1 aromatic rings. The molecule has 0 N–H and O–H groups in total. The molecule has 0 spiro atoms. The molecule has 6 heteroatoms. The second-order valence-electron chi connectivity index (χ2n) is 6.77. The SMILES string of the molecule is CCOC(=O)c1ccc(N2CCC(C(=O)N3CCCCC3)CC2)nc1. The van der Waals surface area contributed by atoms with Crippen molar-refractivity contribution in [2.24, 2.45) is 5.92 Å². The van der Waals surface area contributed by atoms with Crippen LogP contribution in [0.5, 0.6) is 0 Å². The fraction of sp³-hybridized carbons (Fsp3) is 0.632. The van der Waals surface area contributed by atoms with Gasteiger partial charge in [0.25, 0.3) is 0 Å². The molecule has 2 aliphatic heterocycles. The van der Waals surface area contributed by atoms with E-state index in [2.05, 4.69) is 14.8 Å². The number of carbonyl (C=O) groups excluding carboxylic acids is 2. The molecule has 1 aromatic heterocycles. The van der Waals surface area contributed by atoms with E-state index < -0.39 is 0 Å². The summed E-state index contributed by atoms with van der Waals surface area (Å²) >= 11 is 0. The molecule has 0 aliphatic carbocycles. The van der Waals surface area contributed by atoms with E-state index in [4.69, 9.17) is 4.74 Å². The van der Waals surface area contributed by atoms with Crippen LogP contribution in [0.2, 0.25) is 0 Å². The summed E-state index contributed by atoms with van der Waals surface area (Å²) in [6.45, 7) is 5.66. The maximum Gasteiger partial charge on any atom is 0.339 e. The average Bonchev–Trinajstić information content (AvgIpc) is 2.68. The van der Waals surface area contributed by atoms with Crippen LogP contribution in [0.3, 0.4) is 0 Å². The number of hydrogen-bond acceptors (Lipinski definition) is 5. The first kappa shape index (κ1) is 17.7. The molecule has 2 aliphatic rings. The molecule has 0 saturated carbocycles. The topological polar surface area (TPSA) is 62.7 Å². The first-order valence-corrected chi connectivity index (χ1v) is 9.36. The van der Waals surface area contributed by atoms with Crippen LogP contribution in [0.25, 0.3) is 0 Å². The maximum absolute atomic E-state index is 12.6. The Morgan fingerprint density at radius 1 is 1.12 bits per heavy atom. The van der Waals surface area contributed by atoms with E-state index in [0.29, 0.717) is 18.1 Å². The summed E-state index contributed by atoms with van der Waals surface area (Å²) in [6.07, 6.45) is 6.84. The van der Waals surface area contributed by atoms with E-state index in [1.54, 1.807) is 19.2 Å². The number of pyridine rings is 1. The van der Waals surface area contributed by atoms with Gasteiger partial charge >= 0.3 is 5.97 Å². The number of carbonyl (C=O) groups is 2. The Morgan fingerprint density at radius 3 is 2.44 bits per heavy atom. The number of nitrogens with zero attached hydrogens (tertiary/aromatic N) is 3. The van der Waals surface area contributed by atoms with E-state index in [9.17, 15) is 9.59 Å². The van der Waals surface area contributed by atoms with Crippen LogP contribution in [-0.2, 0) is 9.53 Å². The number of esters is 1. The Kier molecular flexibility index (Phi) is 5.89. The highest BCUT2D eigenvalue weighted by Crippen LogP contribution is 2.24. The third-order valence-electron chi connectivity index (χ3n) is 5.09. The van der Waals surface area contributed by atoms with E-state index in [1.165, 1.54) is 6.42 Å². The molecule has 3 heterocycles. The minimum absolute atomic E-state index is 0.146. The molecule has 1 amide bonds. The van der Waals surface area contributed by atoms with Crippen LogP contribution in [0.15, 0.2) is 18.3 Å². The Labute approximate surface area is 149 Å². The van der Waals surface area contributed by atoms with Crippen molar-refractivity contribution in [2.45, 2.75) is 39.0 Å². The lowest BCUT2D eigenvalue weighted by Crippen LogP contribution is -2.44. The molecular formula is C19H27N3O3. The number of likely N-dealkylation sites (tertiary alicyclic amines) is 1. The predicted octanol–water partition coefficient (Wildman–Crippen LogP) is 2.49. The normalized spacial score (nSPS) is 18.9. The van der Waals surface area contributed by atoms with Crippen LogP contribution in [0.4, 0.5) is 5.82 Å². The van der Waals surface area contributed by atoms with Gasteiger partial charge in [-0.3, -0.25) is 4.79 Å². The van der Waals surface area contributed by atoms with E-state index in [1.807, 2.05) is 6.07 Å². The van der Waals surface area contributed by atoms with Gasteiger partial charge in [-0.15, -0.1) is 0 Å². The van der Waals surface area contributed by atoms with Gasteiger partial charge in [-0.1, -0.05) is 0 Å². The number of ether oxygens (including phenoxy) is 1. The summed E-state index contributed by atoms with van der Waals surface area (Å²) in [5, 5.41) is 0. The molecule has 0 radical (unpaired) electrons. The number of hydrogen-bond donors (Lipinski definition) is 0. The minimum Gasteiger partial charge on any atom is -0.462 e. The number of rotatable bonds is 4. The molecule has 6 nitrogen and oxygen atoms in total. The maximum atomic E-state index is 12.6. The summed E-state index contributed by atoms with van der Waals surface area (Å²) in [5.41, 5.74) is 0.473. The van der Waals surface area contributed by atoms with Gasteiger partial charge in [0.15, 0.2) is 0 Å². The molecule has 25 heavy (non-hydrogen) atoms. The molecule has 2 fully saturated rings. The van der Waals surface area contributed by atoms with Gasteiger partial charge < -0.3 is 14.5 Å². The molecule has 3 rings (SSSR count). The van der Waals surface area contributed by atoms with Crippen LogP contribution in [0, 0.1) is 5.92 Å². The predicted molar refractivity (Wildman–Crippen MR) is 95.6 cm³/mol. The summed E-state index contributed by atoms with van der Waals surface area (Å²) in [6, 6.07) is 3.62. The van der Waals surface area contributed by atoms with E-state index >= 15 is 0 Å². The molecule has 0 bridgehead atoms. The van der Waals surface area contributed by atoms with Gasteiger partial charge in [-0.05, 0) is 51.2 Å². The summed E-state index contributed by atoms with van der Waals surface area (Å²) < 4.78 is 4.98. The summed E-state index contributed by atoms with van der Waals surface area (Å²) in [4.78, 5) is 32.9. The standard InChI is InChI=1S/C19H27N3O3/c1-2-25-19(24)16-6-7-17(20-14-16)21-12-8-15(9-13-21)18(23)22-10-4-3-5-11-22/h6-7,14-15H,2-5,8-13H2,1H3. The fourth-order valence-electron chi connectivity index (χ4n) is 3.64. The molecular weight excluding hydrogens is 318 g/mol. The van der Waals surface area contributed by atoms with Crippen molar-refractivity contribution >= 4 is 17.7 Å². The highest BCUT2D eigenvalue weighted by atomic mass is 16.5. The van der Waals surface area contributed by atoms with Crippen LogP contribution < -0.4 is 4.90 Å². The number of aromatic nitrogens is 1. The molecule has 0 aromatic carbocycles. The zero-order valence-electron chi connectivity index (χ0n) is 14.9. The fourth-order valence-corrected chi connectivity index (χ4v) is 3.64. The lowest BCUT2D eigenvalue weighted by molar-refractivity contribution is -0.137. The third-order valence-corrected chi connectivity index (χ3v) is 5.09. The lowest BCUT2D eigenvalue weighted by atomic mass is 9.94. The Bertz CT molecular complexity index is 588. The molecule has 2 saturated heterocycles. The minimum atomic E-state index is -0.340. The summed E-state index contributed by atoms with van der Waals surface area (Å²) in [7, 11) is 0. The Balaban J connectivity index is 1.53. The largest absolute Gasteiger partial charge is 0.462 e. The van der Waals surface area contributed by atoms with Crippen molar-refractivity contribution in [3.8, 4) is 0 Å². The highest BCUT2D eigenvalue weighted by molar-refractivity contribution is 5.89. The Hall–Kier alpha value is -2.11. The first-order chi connectivity index (χ1) is 12.2. The van der Waals surface area contributed by atoms with Gasteiger partial charge in [0, 0.05) is 38.3 Å². The third kappa shape index (κ3) is 4.30. The molecule has 136 valence electrons. The van der Waals surface area contributed by atoms with Gasteiger partial charge in [0.05, 0.1) is 12.2 Å². The van der Waals surface area contributed by atoms with Crippen molar-refractivity contribution in [3.63, 3.8) is 0 Å². The number of piperidine rings is 2. The first-order valence-electron chi connectivity index (χ1n) is 9.36. The average molecular weight is 345 g/mol. The van der Waals surface area contributed by atoms with Crippen LogP contribution in [-0.4, -0.2) is 54.5 Å². The van der Waals surface area contributed by atoms with Crippen molar-refractivity contribution < 1.29 is 14.3 Å². The van der Waals surface area contributed by atoms with Crippen LogP contribution >= 0.6 is 0 Å². The lowest BCUT2D eigenvalue weighted by Gasteiger charge is -2.36. The van der Waals surface area contributed by atoms with Crippen molar-refractivity contribution in [2.75, 3.05) is 37.7 Å². The second-order valence-corrected chi connectivity index (χ2v) is 6.77. The monoisotopic (exact) mass is 345 g/mol. The Morgan fingerprint density at radius 2 is 1.84 bits per heavy atom. The van der Waals surface area contributed by atoms with Gasteiger partial charge in [-0.25, -0.2) is 9.78 Å². The van der Waals surface area contributed by atoms with Crippen molar-refractivity contribution in [3.05, 3.63) is 23.9 Å². The van der Waals surface area contributed by atoms with Gasteiger partial charge in [0.2, 0.25) is 5.91 Å². The van der Waals surface area contributed by atoms with Gasteiger partial charge in [0.1, 0.15) is 5.82 Å². The smallest absolute Gasteiger partial charge is 0.339 e. The molecule has 0 atom stereocenters. The number of amides is 1. The number of anilines is 1. The van der Waals surface area contributed by atoms with Crippen LogP contribution in [0.1, 0.15) is 49.4 Å². The highest BCUT2D eigenvalue weighted by Gasteiger charge is 2.29. The molecule has 0 unspecified atom stereocenters. The summed E-state index contributed by atoms with van der Waals surface area (Å²) in [5.74, 6) is 1.00. The zero-order chi connectivity index (χ0) is 17.6. The van der Waals surface area contributed by atoms with Crippen molar-refractivity contribution in [1.29, 1.82) is 0 Å². The van der Waals surface area contributed by atoms with Gasteiger partial charge in [-0.2, -0.15) is 0 Å². The van der Waals surface area contributed by atoms with E-state index in [0.717, 1.165) is 57.7 Å². The second kappa shape index (κ2) is 8.32. The quantitative estimate of drug-likeness (QED) is 0.785.